The Morgan fingerprint density at radius 2 is 1.75 bits per heavy atom. The summed E-state index contributed by atoms with van der Waals surface area (Å²) >= 11 is 1.13. The largest absolute Gasteiger partial charge is 0.480 e. The van der Waals surface area contributed by atoms with Gasteiger partial charge in [-0.25, -0.2) is 4.79 Å². The highest BCUT2D eigenvalue weighted by Crippen LogP contribution is 2.31. The third kappa shape index (κ3) is 10.5. The van der Waals surface area contributed by atoms with Crippen LogP contribution in [0.1, 0.15) is 45.1 Å². The predicted molar refractivity (Wildman–Crippen MR) is 189 cm³/mol. The Hall–Kier alpha value is -5.64. The molecule has 1 aromatic carbocycles. The summed E-state index contributed by atoms with van der Waals surface area (Å²) in [6.45, 7) is 2.34. The van der Waals surface area contributed by atoms with Gasteiger partial charge < -0.3 is 47.3 Å². The van der Waals surface area contributed by atoms with E-state index in [-0.39, 0.29) is 44.0 Å². The van der Waals surface area contributed by atoms with E-state index in [0.29, 0.717) is 11.4 Å². The van der Waals surface area contributed by atoms with Crippen LogP contribution in [-0.4, -0.2) is 112 Å². The molecule has 0 bridgehead atoms. The topological polar surface area (TPSA) is 286 Å². The van der Waals surface area contributed by atoms with Crippen LogP contribution in [0.15, 0.2) is 29.3 Å². The number of primary amides is 1. The molecule has 53 heavy (non-hydrogen) atoms. The van der Waals surface area contributed by atoms with Crippen LogP contribution >= 0.6 is 11.8 Å². The van der Waals surface area contributed by atoms with Crippen LogP contribution < -0.4 is 32.3 Å². The summed E-state index contributed by atoms with van der Waals surface area (Å²) in [5.41, 5.74) is 6.88. The molecule has 2 aliphatic heterocycles. The second-order valence-corrected chi connectivity index (χ2v) is 14.0. The first kappa shape index (κ1) is 40.1. The zero-order valence-electron chi connectivity index (χ0n) is 29.2. The van der Waals surface area contributed by atoms with E-state index in [2.05, 4.69) is 31.6 Å². The van der Waals surface area contributed by atoms with Crippen LogP contribution in [-0.2, 0) is 44.8 Å². The molecular weight excluding hydrogens is 710 g/mol. The highest BCUT2D eigenvalue weighted by atomic mass is 32.2. The fourth-order valence-electron chi connectivity index (χ4n) is 6.13. The van der Waals surface area contributed by atoms with Crippen molar-refractivity contribution in [3.63, 3.8) is 0 Å². The van der Waals surface area contributed by atoms with Gasteiger partial charge in [0.25, 0.3) is 0 Å². The van der Waals surface area contributed by atoms with E-state index in [1.54, 1.807) is 6.92 Å². The maximum atomic E-state index is 13.9. The summed E-state index contributed by atoms with van der Waals surface area (Å²) in [4.78, 5) is 108. The van der Waals surface area contributed by atoms with Gasteiger partial charge in [-0.15, -0.1) is 11.8 Å². The lowest BCUT2D eigenvalue weighted by Gasteiger charge is -2.28. The van der Waals surface area contributed by atoms with Crippen molar-refractivity contribution in [1.82, 2.24) is 36.5 Å². The molecule has 18 nitrogen and oxygen atoms in total. The van der Waals surface area contributed by atoms with Crippen LogP contribution in [0.4, 0.5) is 0 Å². The lowest BCUT2D eigenvalue weighted by atomic mass is 9.98. The maximum absolute atomic E-state index is 13.9. The van der Waals surface area contributed by atoms with Crippen LogP contribution in [0.25, 0.3) is 10.9 Å². The van der Waals surface area contributed by atoms with Gasteiger partial charge in [-0.1, -0.05) is 38.5 Å². The quantitative estimate of drug-likeness (QED) is 0.156. The van der Waals surface area contributed by atoms with Crippen molar-refractivity contribution in [2.45, 2.75) is 75.1 Å². The minimum absolute atomic E-state index is 0.00395. The number of aryl methyl sites for hydroxylation is 1. The minimum Gasteiger partial charge on any atom is -0.480 e. The number of thioether (sulfide) groups is 1. The molecule has 1 saturated heterocycles. The number of carboxylic acid groups (broad SMARTS) is 1. The number of amides is 7. The number of hydrogen-bond donors (Lipinski definition) is 8. The van der Waals surface area contributed by atoms with Gasteiger partial charge in [0.05, 0.1) is 36.5 Å². The van der Waals surface area contributed by atoms with E-state index in [4.69, 9.17) is 5.73 Å². The number of hydrogen-bond acceptors (Lipinski definition) is 10. The number of nitriles is 1. The predicted octanol–water partition coefficient (Wildman–Crippen LogP) is -1.36. The Labute approximate surface area is 308 Å². The number of nitrogens with two attached hydrogens (primary N) is 1. The lowest BCUT2D eigenvalue weighted by Crippen LogP contribution is -2.58. The van der Waals surface area contributed by atoms with E-state index in [1.165, 1.54) is 0 Å². The number of carbonyl (C=O) groups excluding carboxylic acids is 7. The Kier molecular flexibility index (Phi) is 13.8. The van der Waals surface area contributed by atoms with Crippen molar-refractivity contribution in [2.75, 3.05) is 25.4 Å². The summed E-state index contributed by atoms with van der Waals surface area (Å²) in [7, 11) is 0. The first-order chi connectivity index (χ1) is 25.2. The number of carboxylic acids is 1. The van der Waals surface area contributed by atoms with Gasteiger partial charge in [0.2, 0.25) is 41.4 Å². The highest BCUT2D eigenvalue weighted by molar-refractivity contribution is 7.99. The minimum atomic E-state index is -1.63. The standard InChI is InChI=1S/C34H43N9O9S/c1-3-17(2)29-31(49)38-14-27(46)39-23(30(48)40-22(11-25(36)44)33(50)43-15-18(12-35)10-24(43)34(51)52)16-53-32-20(19-6-4-5-7-21(19)41-32)8-9-26(45)37-13-28(47)42-29/h4-7,17-18,22-24,29,41H,3,8-11,13-16H2,1-2H3,(H2,36,44)(H,37,45)(H,38,49)(H,39,46)(H,40,48)(H,42,47)(H,51,52)/t17-,18-,22-,23-,24-,29-/m0/s1. The number of fused-ring (bicyclic) bond motifs is 3. The normalized spacial score (nSPS) is 23.1. The fourth-order valence-corrected chi connectivity index (χ4v) is 7.27. The molecule has 3 heterocycles. The Morgan fingerprint density at radius 3 is 2.43 bits per heavy atom. The molecule has 2 aliphatic rings. The molecule has 0 spiro atoms. The van der Waals surface area contributed by atoms with Crippen molar-refractivity contribution in [3.05, 3.63) is 29.8 Å². The third-order valence-electron chi connectivity index (χ3n) is 9.18. The summed E-state index contributed by atoms with van der Waals surface area (Å²) in [6.07, 6.45) is -0.121. The molecular formula is C34H43N9O9S. The van der Waals surface area contributed by atoms with Gasteiger partial charge in [-0.3, -0.25) is 33.6 Å². The monoisotopic (exact) mass is 753 g/mol. The van der Waals surface area contributed by atoms with E-state index in [1.807, 2.05) is 37.3 Å². The van der Waals surface area contributed by atoms with Crippen LogP contribution in [0.3, 0.4) is 0 Å². The summed E-state index contributed by atoms with van der Waals surface area (Å²) in [5.74, 6) is -7.96. The second-order valence-electron chi connectivity index (χ2n) is 13.0. The number of para-hydroxylation sites is 1. The summed E-state index contributed by atoms with van der Waals surface area (Å²) in [6, 6.07) is 3.82. The molecule has 0 saturated carbocycles. The molecule has 0 unspecified atom stereocenters. The molecule has 0 aliphatic carbocycles. The first-order valence-corrected chi connectivity index (χ1v) is 18.1. The van der Waals surface area contributed by atoms with Crippen molar-refractivity contribution in [1.29, 1.82) is 5.26 Å². The molecule has 284 valence electrons. The Morgan fingerprint density at radius 1 is 1.06 bits per heavy atom. The molecule has 0 radical (unpaired) electrons. The average molecular weight is 754 g/mol. The van der Waals surface area contributed by atoms with E-state index >= 15 is 0 Å². The number of nitrogens with one attached hydrogen (secondary N) is 6. The van der Waals surface area contributed by atoms with Crippen LogP contribution in [0.2, 0.25) is 0 Å². The number of likely N-dealkylation sites (tertiary alicyclic amines) is 1. The maximum Gasteiger partial charge on any atom is 0.326 e. The Balaban J connectivity index is 1.65. The van der Waals surface area contributed by atoms with Gasteiger partial charge in [0, 0.05) is 29.6 Å². The zero-order valence-corrected chi connectivity index (χ0v) is 30.0. The zero-order chi connectivity index (χ0) is 38.8. The van der Waals surface area contributed by atoms with Gasteiger partial charge in [0.15, 0.2) is 0 Å². The number of carbonyl (C=O) groups is 8. The second kappa shape index (κ2) is 18.2. The van der Waals surface area contributed by atoms with Crippen LogP contribution in [0.5, 0.6) is 0 Å². The molecule has 4 rings (SSSR count). The number of rotatable bonds is 8. The Bertz CT molecular complexity index is 1810. The fraction of sp³-hybridized carbons (Fsp3) is 0.500. The van der Waals surface area contributed by atoms with Gasteiger partial charge >= 0.3 is 5.97 Å². The molecule has 19 heteroatoms. The molecule has 2 aromatic rings. The summed E-state index contributed by atoms with van der Waals surface area (Å²) in [5, 5.41) is 33.1. The smallest absolute Gasteiger partial charge is 0.326 e. The molecule has 9 N–H and O–H groups in total. The number of nitrogens with zero attached hydrogens (tertiary/aromatic N) is 2. The number of aromatic nitrogens is 1. The van der Waals surface area contributed by atoms with E-state index in [9.17, 15) is 48.7 Å². The number of aromatic amines is 1. The van der Waals surface area contributed by atoms with E-state index in [0.717, 1.165) is 33.1 Å². The van der Waals surface area contributed by atoms with Crippen LogP contribution in [0, 0.1) is 23.2 Å². The average Bonchev–Trinajstić information content (AvgIpc) is 3.73. The summed E-state index contributed by atoms with van der Waals surface area (Å²) < 4.78 is 0. The van der Waals surface area contributed by atoms with Crippen molar-refractivity contribution < 1.29 is 43.5 Å². The third-order valence-corrected chi connectivity index (χ3v) is 10.3. The van der Waals surface area contributed by atoms with Gasteiger partial charge in [-0.2, -0.15) is 5.26 Å². The number of benzene rings is 1. The highest BCUT2D eigenvalue weighted by Gasteiger charge is 2.43. The molecule has 7 amide bonds. The number of aliphatic carboxylic acids is 1. The van der Waals surface area contributed by atoms with E-state index < -0.39 is 90.4 Å². The van der Waals surface area contributed by atoms with Gasteiger partial charge in [-0.05, 0) is 30.4 Å². The van der Waals surface area contributed by atoms with Crippen molar-refractivity contribution >= 4 is 70.0 Å². The lowest BCUT2D eigenvalue weighted by molar-refractivity contribution is -0.149. The molecule has 1 aromatic heterocycles. The molecule has 6 atom stereocenters. The SMILES string of the molecule is CC[C@H](C)[C@@H]1NC(=O)CNC(=O)CCc2c([nH]c3ccccc23)SC[C@@H](C(=O)N[C@@H](CC(N)=O)C(=O)N2C[C@H](C#N)C[C@H]2C(=O)O)NC(=O)CNC1=O. The van der Waals surface area contributed by atoms with Gasteiger partial charge in [0.1, 0.15) is 24.2 Å². The number of H-pyrrole nitrogens is 1. The first-order valence-electron chi connectivity index (χ1n) is 17.1. The van der Waals surface area contributed by atoms with Crippen molar-refractivity contribution in [2.24, 2.45) is 17.6 Å². The van der Waals surface area contributed by atoms with Crippen molar-refractivity contribution in [3.8, 4) is 6.07 Å². The molecule has 1 fully saturated rings.